The van der Waals surface area contributed by atoms with Crippen molar-refractivity contribution in [3.63, 3.8) is 0 Å². The van der Waals surface area contributed by atoms with Crippen LogP contribution in [0.3, 0.4) is 0 Å². The Morgan fingerprint density at radius 3 is 3.06 bits per heavy atom. The summed E-state index contributed by atoms with van der Waals surface area (Å²) in [6, 6.07) is 2.05. The first-order valence-corrected chi connectivity index (χ1v) is 6.78. The van der Waals surface area contributed by atoms with Gasteiger partial charge < -0.3 is 11.1 Å². The molecule has 0 aliphatic heterocycles. The Morgan fingerprint density at radius 1 is 1.61 bits per heavy atom. The fraction of sp³-hybridized carbons (Fsp3) is 0.333. The van der Waals surface area contributed by atoms with Crippen LogP contribution in [0.4, 0.5) is 5.69 Å². The molecule has 0 radical (unpaired) electrons. The maximum atomic E-state index is 11.9. The highest BCUT2D eigenvalue weighted by molar-refractivity contribution is 7.07. The number of hydrogen-bond acceptors (Lipinski definition) is 4. The van der Waals surface area contributed by atoms with Gasteiger partial charge in [-0.25, -0.2) is 0 Å². The van der Waals surface area contributed by atoms with E-state index in [-0.39, 0.29) is 11.6 Å². The maximum absolute atomic E-state index is 11.9. The monoisotopic (exact) mass is 264 g/mol. The number of carbonyl (C=O) groups is 1. The van der Waals surface area contributed by atoms with E-state index >= 15 is 0 Å². The molecule has 0 spiro atoms. The highest BCUT2D eigenvalue weighted by Gasteiger charge is 2.15. The number of hydrogen-bond donors (Lipinski definition) is 3. The van der Waals surface area contributed by atoms with Gasteiger partial charge in [0.25, 0.3) is 5.91 Å². The molecule has 4 N–H and O–H groups in total. The van der Waals surface area contributed by atoms with Crippen molar-refractivity contribution < 1.29 is 4.79 Å². The van der Waals surface area contributed by atoms with E-state index in [1.54, 1.807) is 11.3 Å². The van der Waals surface area contributed by atoms with E-state index in [2.05, 4.69) is 27.0 Å². The van der Waals surface area contributed by atoms with Crippen LogP contribution in [0.15, 0.2) is 16.8 Å². The van der Waals surface area contributed by atoms with Gasteiger partial charge in [-0.3, -0.25) is 9.89 Å². The Hall–Kier alpha value is -1.82. The van der Waals surface area contributed by atoms with Gasteiger partial charge in [0.2, 0.25) is 0 Å². The standard InChI is InChI=1S/C12H16N4OS/c1-2-9-10(13)11(16-15-9)12(17)14-5-3-8-4-6-18-7-8/h4,6-7H,2-3,5,13H2,1H3,(H,14,17)(H,15,16). The van der Waals surface area contributed by atoms with Crippen molar-refractivity contribution in [2.24, 2.45) is 0 Å². The Kier molecular flexibility index (Phi) is 3.99. The van der Waals surface area contributed by atoms with E-state index in [0.29, 0.717) is 12.2 Å². The smallest absolute Gasteiger partial charge is 0.273 e. The molecule has 0 bridgehead atoms. The first-order valence-electron chi connectivity index (χ1n) is 5.84. The zero-order valence-corrected chi connectivity index (χ0v) is 11.0. The second-order valence-electron chi connectivity index (χ2n) is 3.96. The van der Waals surface area contributed by atoms with Crippen molar-refractivity contribution in [3.8, 4) is 0 Å². The van der Waals surface area contributed by atoms with Crippen LogP contribution in [0.5, 0.6) is 0 Å². The number of nitrogens with one attached hydrogen (secondary N) is 2. The summed E-state index contributed by atoms with van der Waals surface area (Å²) in [5.74, 6) is -0.223. The normalized spacial score (nSPS) is 10.5. The lowest BCUT2D eigenvalue weighted by Gasteiger charge is -2.02. The van der Waals surface area contributed by atoms with Gasteiger partial charge in [-0.15, -0.1) is 0 Å². The molecule has 0 aromatic carbocycles. The minimum Gasteiger partial charge on any atom is -0.395 e. The second kappa shape index (κ2) is 5.68. The lowest BCUT2D eigenvalue weighted by atomic mass is 10.2. The van der Waals surface area contributed by atoms with Crippen LogP contribution < -0.4 is 11.1 Å². The molecule has 5 nitrogen and oxygen atoms in total. The first-order chi connectivity index (χ1) is 8.72. The summed E-state index contributed by atoms with van der Waals surface area (Å²) in [7, 11) is 0. The Labute approximate surface area is 109 Å². The minimum absolute atomic E-state index is 0.223. The number of nitrogens with zero attached hydrogens (tertiary/aromatic N) is 1. The molecule has 2 aromatic rings. The molecule has 2 heterocycles. The van der Waals surface area contributed by atoms with Crippen LogP contribution in [0.25, 0.3) is 0 Å². The third-order valence-electron chi connectivity index (χ3n) is 2.73. The predicted molar refractivity (Wildman–Crippen MR) is 72.7 cm³/mol. The van der Waals surface area contributed by atoms with Gasteiger partial charge in [0, 0.05) is 6.54 Å². The number of nitrogen functional groups attached to an aromatic ring is 1. The van der Waals surface area contributed by atoms with E-state index in [4.69, 9.17) is 5.73 Å². The predicted octanol–water partition coefficient (Wildman–Crippen LogP) is 1.59. The molecule has 18 heavy (non-hydrogen) atoms. The molecule has 2 rings (SSSR count). The largest absolute Gasteiger partial charge is 0.395 e. The highest BCUT2D eigenvalue weighted by Crippen LogP contribution is 2.14. The van der Waals surface area contributed by atoms with E-state index in [0.717, 1.165) is 18.5 Å². The van der Waals surface area contributed by atoms with Crippen molar-refractivity contribution in [2.45, 2.75) is 19.8 Å². The molecule has 0 unspecified atom stereocenters. The van der Waals surface area contributed by atoms with Gasteiger partial charge in [-0.1, -0.05) is 6.92 Å². The molecule has 96 valence electrons. The van der Waals surface area contributed by atoms with Crippen molar-refractivity contribution in [2.75, 3.05) is 12.3 Å². The summed E-state index contributed by atoms with van der Waals surface area (Å²) in [6.45, 7) is 2.55. The van der Waals surface area contributed by atoms with E-state index in [9.17, 15) is 4.79 Å². The zero-order chi connectivity index (χ0) is 13.0. The fourth-order valence-electron chi connectivity index (χ4n) is 1.67. The molecule has 0 atom stereocenters. The second-order valence-corrected chi connectivity index (χ2v) is 4.74. The maximum Gasteiger partial charge on any atom is 0.273 e. The summed E-state index contributed by atoms with van der Waals surface area (Å²) < 4.78 is 0. The van der Waals surface area contributed by atoms with E-state index in [1.165, 1.54) is 5.56 Å². The highest BCUT2D eigenvalue weighted by atomic mass is 32.1. The number of aromatic nitrogens is 2. The lowest BCUT2D eigenvalue weighted by Crippen LogP contribution is -2.26. The summed E-state index contributed by atoms with van der Waals surface area (Å²) in [5.41, 5.74) is 8.60. The van der Waals surface area contributed by atoms with Crippen molar-refractivity contribution >= 4 is 22.9 Å². The van der Waals surface area contributed by atoms with Crippen LogP contribution in [0, 0.1) is 0 Å². The van der Waals surface area contributed by atoms with Crippen LogP contribution >= 0.6 is 11.3 Å². The molecule has 0 fully saturated rings. The lowest BCUT2D eigenvalue weighted by molar-refractivity contribution is 0.0950. The molecule has 2 aromatic heterocycles. The number of rotatable bonds is 5. The molecular formula is C12H16N4OS. The van der Waals surface area contributed by atoms with E-state index in [1.807, 2.05) is 12.3 Å². The van der Waals surface area contributed by atoms with Crippen LogP contribution in [-0.4, -0.2) is 22.6 Å². The number of nitrogens with two attached hydrogens (primary N) is 1. The van der Waals surface area contributed by atoms with Crippen LogP contribution in [-0.2, 0) is 12.8 Å². The third kappa shape index (κ3) is 2.70. The Bertz CT molecular complexity index is 518. The number of thiophene rings is 1. The number of carbonyl (C=O) groups excluding carboxylic acids is 1. The molecule has 0 saturated heterocycles. The molecule has 6 heteroatoms. The van der Waals surface area contributed by atoms with Crippen molar-refractivity contribution in [1.82, 2.24) is 15.5 Å². The minimum atomic E-state index is -0.223. The van der Waals surface area contributed by atoms with Crippen LogP contribution in [0.1, 0.15) is 28.7 Å². The summed E-state index contributed by atoms with van der Waals surface area (Å²) in [4.78, 5) is 11.9. The summed E-state index contributed by atoms with van der Waals surface area (Å²) in [5, 5.41) is 13.6. The van der Waals surface area contributed by atoms with Crippen molar-refractivity contribution in [3.05, 3.63) is 33.8 Å². The van der Waals surface area contributed by atoms with Gasteiger partial charge in [0.05, 0.1) is 11.4 Å². The SMILES string of the molecule is CCc1[nH]nc(C(=O)NCCc2ccsc2)c1N. The topological polar surface area (TPSA) is 83.8 Å². The first kappa shape index (κ1) is 12.6. The quantitative estimate of drug-likeness (QED) is 0.766. The number of aryl methyl sites for hydroxylation is 1. The summed E-state index contributed by atoms with van der Waals surface area (Å²) >= 11 is 1.65. The third-order valence-corrected chi connectivity index (χ3v) is 3.46. The number of H-pyrrole nitrogens is 1. The van der Waals surface area contributed by atoms with Gasteiger partial charge >= 0.3 is 0 Å². The van der Waals surface area contributed by atoms with Crippen molar-refractivity contribution in [1.29, 1.82) is 0 Å². The number of anilines is 1. The van der Waals surface area contributed by atoms with Crippen LogP contribution in [0.2, 0.25) is 0 Å². The summed E-state index contributed by atoms with van der Waals surface area (Å²) in [6.07, 6.45) is 1.56. The van der Waals surface area contributed by atoms with Gasteiger partial charge in [0.15, 0.2) is 5.69 Å². The molecule has 0 aliphatic carbocycles. The molecule has 0 aliphatic rings. The van der Waals surface area contributed by atoms with E-state index < -0.39 is 0 Å². The average molecular weight is 264 g/mol. The zero-order valence-electron chi connectivity index (χ0n) is 10.2. The number of aromatic amines is 1. The van der Waals surface area contributed by atoms with Gasteiger partial charge in [0.1, 0.15) is 0 Å². The van der Waals surface area contributed by atoms with Gasteiger partial charge in [-0.05, 0) is 35.2 Å². The molecule has 0 saturated carbocycles. The van der Waals surface area contributed by atoms with Gasteiger partial charge in [-0.2, -0.15) is 16.4 Å². The Morgan fingerprint density at radius 2 is 2.44 bits per heavy atom. The molecule has 1 amide bonds. The number of amides is 1. The average Bonchev–Trinajstić information content (AvgIpc) is 2.98. The fourth-order valence-corrected chi connectivity index (χ4v) is 2.37. The Balaban J connectivity index is 1.89. The molecular weight excluding hydrogens is 248 g/mol.